The number of benzene rings is 1. The molecule has 1 atom stereocenters. The second-order valence-corrected chi connectivity index (χ2v) is 3.24. The fourth-order valence-corrected chi connectivity index (χ4v) is 1.55. The highest BCUT2D eigenvalue weighted by molar-refractivity contribution is 5.77. The summed E-state index contributed by atoms with van der Waals surface area (Å²) < 4.78 is 15.5. The molecule has 0 spiro atoms. The van der Waals surface area contributed by atoms with E-state index < -0.39 is 12.0 Å². The quantitative estimate of drug-likeness (QED) is 0.778. The molecule has 0 saturated heterocycles. The number of methoxy groups -OCH3 is 1. The SMILES string of the molecule is COc1c(C(N)C(=O)O)ccc2c1OCO2. The second-order valence-electron chi connectivity index (χ2n) is 3.24. The van der Waals surface area contributed by atoms with Crippen molar-refractivity contribution in [2.45, 2.75) is 6.04 Å². The molecule has 1 unspecified atom stereocenters. The minimum atomic E-state index is -1.15. The largest absolute Gasteiger partial charge is 0.492 e. The van der Waals surface area contributed by atoms with E-state index in [2.05, 4.69) is 0 Å². The first kappa shape index (κ1) is 10.6. The summed E-state index contributed by atoms with van der Waals surface area (Å²) >= 11 is 0. The van der Waals surface area contributed by atoms with Gasteiger partial charge in [0.2, 0.25) is 12.5 Å². The Hall–Kier alpha value is -1.95. The molecule has 0 bridgehead atoms. The molecule has 1 aromatic carbocycles. The fourth-order valence-electron chi connectivity index (χ4n) is 1.55. The van der Waals surface area contributed by atoms with Gasteiger partial charge in [0.25, 0.3) is 0 Å². The van der Waals surface area contributed by atoms with Gasteiger partial charge in [0.05, 0.1) is 7.11 Å². The smallest absolute Gasteiger partial charge is 0.325 e. The van der Waals surface area contributed by atoms with E-state index in [-0.39, 0.29) is 6.79 Å². The van der Waals surface area contributed by atoms with E-state index in [0.29, 0.717) is 22.8 Å². The van der Waals surface area contributed by atoms with Crippen molar-refractivity contribution in [3.05, 3.63) is 17.7 Å². The number of nitrogens with two attached hydrogens (primary N) is 1. The molecule has 16 heavy (non-hydrogen) atoms. The summed E-state index contributed by atoms with van der Waals surface area (Å²) in [5.74, 6) is 0.108. The molecule has 0 radical (unpaired) electrons. The van der Waals surface area contributed by atoms with E-state index >= 15 is 0 Å². The number of fused-ring (bicyclic) bond motifs is 1. The maximum atomic E-state index is 10.8. The average molecular weight is 225 g/mol. The predicted molar refractivity (Wildman–Crippen MR) is 53.7 cm³/mol. The molecule has 1 aliphatic heterocycles. The molecule has 0 fully saturated rings. The molecule has 0 aromatic heterocycles. The molecular weight excluding hydrogens is 214 g/mol. The van der Waals surface area contributed by atoms with Crippen molar-refractivity contribution >= 4 is 5.97 Å². The highest BCUT2D eigenvalue weighted by atomic mass is 16.7. The minimum absolute atomic E-state index is 0.0947. The Labute approximate surface area is 91.5 Å². The minimum Gasteiger partial charge on any atom is -0.492 e. The van der Waals surface area contributed by atoms with E-state index in [1.54, 1.807) is 12.1 Å². The lowest BCUT2D eigenvalue weighted by molar-refractivity contribution is -0.138. The summed E-state index contributed by atoms with van der Waals surface area (Å²) in [6, 6.07) is 2.03. The van der Waals surface area contributed by atoms with Crippen LogP contribution in [0.1, 0.15) is 11.6 Å². The number of carboxylic acids is 1. The number of rotatable bonds is 3. The fraction of sp³-hybridized carbons (Fsp3) is 0.300. The van der Waals surface area contributed by atoms with Crippen LogP contribution in [0.15, 0.2) is 12.1 Å². The van der Waals surface area contributed by atoms with Crippen LogP contribution in [0.3, 0.4) is 0 Å². The van der Waals surface area contributed by atoms with Crippen molar-refractivity contribution in [3.8, 4) is 17.2 Å². The molecular formula is C10H11NO5. The van der Waals surface area contributed by atoms with Crippen LogP contribution in [0, 0.1) is 0 Å². The van der Waals surface area contributed by atoms with E-state index in [0.717, 1.165) is 0 Å². The van der Waals surface area contributed by atoms with Gasteiger partial charge in [-0.25, -0.2) is 0 Å². The number of carbonyl (C=O) groups is 1. The van der Waals surface area contributed by atoms with Gasteiger partial charge >= 0.3 is 5.97 Å². The summed E-state index contributed by atoms with van der Waals surface area (Å²) in [5.41, 5.74) is 5.89. The van der Waals surface area contributed by atoms with Crippen molar-refractivity contribution < 1.29 is 24.1 Å². The molecule has 1 aliphatic rings. The van der Waals surface area contributed by atoms with Crippen molar-refractivity contribution in [1.82, 2.24) is 0 Å². The Morgan fingerprint density at radius 2 is 2.31 bits per heavy atom. The standard InChI is InChI=1S/C10H11NO5/c1-14-8-5(7(11)10(12)13)2-3-6-9(8)16-4-15-6/h2-3,7H,4,11H2,1H3,(H,12,13). The van der Waals surface area contributed by atoms with Crippen LogP contribution in [0.5, 0.6) is 17.2 Å². The van der Waals surface area contributed by atoms with Gasteiger partial charge in [0.1, 0.15) is 6.04 Å². The zero-order valence-corrected chi connectivity index (χ0v) is 8.60. The molecule has 2 rings (SSSR count). The highest BCUT2D eigenvalue weighted by Crippen LogP contribution is 2.44. The molecule has 6 nitrogen and oxygen atoms in total. The van der Waals surface area contributed by atoms with Crippen molar-refractivity contribution in [3.63, 3.8) is 0 Å². The lowest BCUT2D eigenvalue weighted by Gasteiger charge is -2.13. The lowest BCUT2D eigenvalue weighted by atomic mass is 10.1. The maximum absolute atomic E-state index is 10.8. The van der Waals surface area contributed by atoms with E-state index in [4.69, 9.17) is 25.1 Å². The van der Waals surface area contributed by atoms with Crippen molar-refractivity contribution in [2.24, 2.45) is 5.73 Å². The summed E-state index contributed by atoms with van der Waals surface area (Å²) in [6.45, 7) is 0.0947. The number of hydrogen-bond donors (Lipinski definition) is 2. The Bertz CT molecular complexity index is 431. The molecule has 3 N–H and O–H groups in total. The predicted octanol–water partition coefficient (Wildman–Crippen LogP) is 0.508. The summed E-state index contributed by atoms with van der Waals surface area (Å²) in [7, 11) is 1.43. The highest BCUT2D eigenvalue weighted by Gasteiger charge is 2.26. The third kappa shape index (κ3) is 1.53. The van der Waals surface area contributed by atoms with Gasteiger partial charge in [-0.3, -0.25) is 4.79 Å². The van der Waals surface area contributed by atoms with Gasteiger partial charge < -0.3 is 25.1 Å². The normalized spacial score (nSPS) is 14.6. The van der Waals surface area contributed by atoms with Crippen LogP contribution in [-0.4, -0.2) is 25.0 Å². The molecule has 1 heterocycles. The number of carboxylic acid groups (broad SMARTS) is 1. The Balaban J connectivity index is 2.50. The topological polar surface area (TPSA) is 91.0 Å². The number of hydrogen-bond acceptors (Lipinski definition) is 5. The first-order chi connectivity index (χ1) is 7.65. The van der Waals surface area contributed by atoms with Gasteiger partial charge in [0, 0.05) is 5.56 Å². The first-order valence-electron chi connectivity index (χ1n) is 4.60. The van der Waals surface area contributed by atoms with E-state index in [1.165, 1.54) is 7.11 Å². The van der Waals surface area contributed by atoms with Crippen LogP contribution in [0.25, 0.3) is 0 Å². The lowest BCUT2D eigenvalue weighted by Crippen LogP contribution is -2.21. The Morgan fingerprint density at radius 1 is 1.56 bits per heavy atom. The van der Waals surface area contributed by atoms with Gasteiger partial charge in [-0.2, -0.15) is 0 Å². The van der Waals surface area contributed by atoms with E-state index in [9.17, 15) is 4.79 Å². The summed E-state index contributed by atoms with van der Waals surface area (Å²) in [6.07, 6.45) is 0. The molecule has 6 heteroatoms. The van der Waals surface area contributed by atoms with Gasteiger partial charge in [0.15, 0.2) is 11.5 Å². The molecule has 86 valence electrons. The van der Waals surface area contributed by atoms with Crippen LogP contribution >= 0.6 is 0 Å². The van der Waals surface area contributed by atoms with Gasteiger partial charge in [-0.15, -0.1) is 0 Å². The molecule has 0 aliphatic carbocycles. The Kier molecular flexibility index (Phi) is 2.57. The summed E-state index contributed by atoms with van der Waals surface area (Å²) in [4.78, 5) is 10.8. The van der Waals surface area contributed by atoms with Gasteiger partial charge in [-0.1, -0.05) is 0 Å². The van der Waals surface area contributed by atoms with Crippen LogP contribution < -0.4 is 19.9 Å². The van der Waals surface area contributed by atoms with Crippen LogP contribution in [0.2, 0.25) is 0 Å². The summed E-state index contributed by atoms with van der Waals surface area (Å²) in [5, 5.41) is 8.85. The maximum Gasteiger partial charge on any atom is 0.325 e. The zero-order valence-electron chi connectivity index (χ0n) is 8.60. The first-order valence-corrected chi connectivity index (χ1v) is 4.60. The molecule has 0 amide bonds. The number of aliphatic carboxylic acids is 1. The van der Waals surface area contributed by atoms with E-state index in [1.807, 2.05) is 0 Å². The Morgan fingerprint density at radius 3 is 2.94 bits per heavy atom. The van der Waals surface area contributed by atoms with Crippen LogP contribution in [-0.2, 0) is 4.79 Å². The molecule has 0 saturated carbocycles. The third-order valence-corrected chi connectivity index (χ3v) is 2.33. The second kappa shape index (κ2) is 3.90. The monoisotopic (exact) mass is 225 g/mol. The average Bonchev–Trinajstić information content (AvgIpc) is 2.74. The third-order valence-electron chi connectivity index (χ3n) is 2.33. The van der Waals surface area contributed by atoms with Gasteiger partial charge in [-0.05, 0) is 12.1 Å². The van der Waals surface area contributed by atoms with Crippen LogP contribution in [0.4, 0.5) is 0 Å². The molecule has 1 aromatic rings. The van der Waals surface area contributed by atoms with Crippen molar-refractivity contribution in [1.29, 1.82) is 0 Å². The zero-order chi connectivity index (χ0) is 11.7. The number of ether oxygens (including phenoxy) is 3. The van der Waals surface area contributed by atoms with Crippen molar-refractivity contribution in [2.75, 3.05) is 13.9 Å².